The van der Waals surface area contributed by atoms with Gasteiger partial charge in [-0.2, -0.15) is 10.5 Å². The quantitative estimate of drug-likeness (QED) is 0.339. The molecule has 4 aliphatic heterocycles. The van der Waals surface area contributed by atoms with Crippen LogP contribution in [0.1, 0.15) is 114 Å². The van der Waals surface area contributed by atoms with Crippen LogP contribution in [0, 0.1) is 80.6 Å². The van der Waals surface area contributed by atoms with Gasteiger partial charge in [0.15, 0.2) is 0 Å². The monoisotopic (exact) mass is 846 g/mol. The van der Waals surface area contributed by atoms with E-state index < -0.39 is 10.8 Å². The predicted molar refractivity (Wildman–Crippen MR) is 227 cm³/mol. The summed E-state index contributed by atoms with van der Waals surface area (Å²) < 4.78 is 29.4. The summed E-state index contributed by atoms with van der Waals surface area (Å²) in [6.45, 7) is 4.18. The highest BCUT2D eigenvalue weighted by Gasteiger charge is 2.64. The molecule has 14 rings (SSSR count). The molecule has 6 unspecified atom stereocenters. The molecule has 328 valence electrons. The van der Waals surface area contributed by atoms with Crippen LogP contribution in [0.4, 0.5) is 20.2 Å². The summed E-state index contributed by atoms with van der Waals surface area (Å²) in [6.07, 6.45) is 15.3. The van der Waals surface area contributed by atoms with Gasteiger partial charge in [0.1, 0.15) is 11.6 Å². The molecular formula is C50H60F2N6O4. The highest BCUT2D eigenvalue weighted by Crippen LogP contribution is 2.61. The molecule has 2 aromatic carbocycles. The summed E-state index contributed by atoms with van der Waals surface area (Å²) in [5.74, 6) is 2.49. The molecule has 6 atom stereocenters. The Morgan fingerprint density at radius 3 is 1.31 bits per heavy atom. The number of carbonyl (C=O) groups excluding carboxylic acids is 2. The van der Waals surface area contributed by atoms with Gasteiger partial charge in [-0.15, -0.1) is 0 Å². The number of hydrogen-bond acceptors (Lipinski definition) is 8. The van der Waals surface area contributed by atoms with Crippen LogP contribution in [-0.2, 0) is 9.59 Å². The molecule has 12 heteroatoms. The number of anilines is 2. The molecule has 0 radical (unpaired) electrons. The smallest absolute Gasteiger partial charge is 0.231 e. The van der Waals surface area contributed by atoms with Gasteiger partial charge >= 0.3 is 0 Å². The molecule has 2 N–H and O–H groups in total. The Kier molecular flexibility index (Phi) is 9.56. The van der Waals surface area contributed by atoms with E-state index in [1.165, 1.54) is 12.1 Å². The van der Waals surface area contributed by atoms with Crippen LogP contribution in [0.2, 0.25) is 0 Å². The average molecular weight is 847 g/mol. The van der Waals surface area contributed by atoms with Crippen LogP contribution in [0.15, 0.2) is 36.4 Å². The maximum absolute atomic E-state index is 14.7. The van der Waals surface area contributed by atoms with E-state index in [1.54, 1.807) is 24.3 Å². The minimum atomic E-state index is -0.430. The van der Waals surface area contributed by atoms with Crippen molar-refractivity contribution in [3.05, 3.63) is 59.2 Å². The van der Waals surface area contributed by atoms with Crippen LogP contribution in [-0.4, -0.2) is 94.4 Å². The van der Waals surface area contributed by atoms with Gasteiger partial charge in [-0.25, -0.2) is 8.78 Å². The zero-order valence-corrected chi connectivity index (χ0v) is 35.8. The lowest BCUT2D eigenvalue weighted by atomic mass is 9.51. The van der Waals surface area contributed by atoms with Crippen LogP contribution in [0.5, 0.6) is 0 Å². The van der Waals surface area contributed by atoms with E-state index in [2.05, 4.69) is 9.80 Å². The lowest BCUT2D eigenvalue weighted by molar-refractivity contribution is -0.168. The Balaban J connectivity index is 0.000000139. The highest BCUT2D eigenvalue weighted by atomic mass is 19.1. The Morgan fingerprint density at radius 2 is 0.952 bits per heavy atom. The van der Waals surface area contributed by atoms with E-state index in [1.807, 2.05) is 21.9 Å². The number of nitrogens with zero attached hydrogens (tertiary/aromatic N) is 6. The van der Waals surface area contributed by atoms with E-state index in [9.17, 15) is 28.6 Å². The summed E-state index contributed by atoms with van der Waals surface area (Å²) in [4.78, 5) is 36.3. The second-order valence-corrected chi connectivity index (χ2v) is 22.0. The number of likely N-dealkylation sites (tertiary alicyclic amines) is 2. The van der Waals surface area contributed by atoms with Crippen molar-refractivity contribution < 1.29 is 28.6 Å². The highest BCUT2D eigenvalue weighted by molar-refractivity contribution is 5.87. The molecule has 8 bridgehead atoms. The number of rotatable bonds is 4. The van der Waals surface area contributed by atoms with Crippen molar-refractivity contribution >= 4 is 23.2 Å². The summed E-state index contributed by atoms with van der Waals surface area (Å²) in [7, 11) is 0. The molecule has 2 spiro atoms. The van der Waals surface area contributed by atoms with Crippen molar-refractivity contribution in [3.63, 3.8) is 0 Å². The van der Waals surface area contributed by atoms with E-state index in [0.29, 0.717) is 71.1 Å². The molecule has 0 aromatic heterocycles. The molecule has 8 aliphatic carbocycles. The molecular weight excluding hydrogens is 787 g/mol. The molecule has 12 aliphatic rings. The minimum Gasteiger partial charge on any atom is -0.393 e. The van der Waals surface area contributed by atoms with Crippen LogP contribution in [0.25, 0.3) is 0 Å². The topological polar surface area (TPSA) is 135 Å². The summed E-state index contributed by atoms with van der Waals surface area (Å²) >= 11 is 0. The van der Waals surface area contributed by atoms with Crippen molar-refractivity contribution in [2.75, 3.05) is 49.1 Å². The summed E-state index contributed by atoms with van der Waals surface area (Å²) in [6, 6.07) is 13.2. The SMILES string of the molecule is N#Cc1ccc(N2CCCC3(CCN(C45CC6CC(C4)C(O)C(C6)C5)C3=O)C2)c(F)c1.N#Cc1ccc(N2CCCC3(CCN(C45CC6CC(C4)C(O)C(C6)C5)C3=O)C2)c(F)c1. The van der Waals surface area contributed by atoms with Crippen molar-refractivity contribution in [3.8, 4) is 12.1 Å². The number of aliphatic hydroxyl groups excluding tert-OH is 2. The molecule has 62 heavy (non-hydrogen) atoms. The van der Waals surface area contributed by atoms with E-state index in [0.717, 1.165) is 129 Å². The maximum atomic E-state index is 14.7. The van der Waals surface area contributed by atoms with E-state index in [-0.39, 0.29) is 46.7 Å². The lowest BCUT2D eigenvalue weighted by Gasteiger charge is -2.61. The number of aliphatic hydroxyl groups is 2. The fourth-order valence-electron chi connectivity index (χ4n) is 16.2. The first-order chi connectivity index (χ1) is 29.9. The Hall–Kier alpha value is -4.26. The normalized spacial score (nSPS) is 41.3. The van der Waals surface area contributed by atoms with E-state index in [4.69, 9.17) is 10.5 Å². The van der Waals surface area contributed by atoms with E-state index >= 15 is 0 Å². The minimum absolute atomic E-state index is 0.0573. The number of benzene rings is 2. The first kappa shape index (κ1) is 40.5. The molecule has 4 heterocycles. The average Bonchev–Trinajstić information content (AvgIpc) is 3.75. The van der Waals surface area contributed by atoms with Gasteiger partial charge in [0.2, 0.25) is 11.8 Å². The number of amides is 2. The van der Waals surface area contributed by atoms with Crippen LogP contribution in [0.3, 0.4) is 0 Å². The first-order valence-corrected chi connectivity index (χ1v) is 23.8. The third-order valence-electron chi connectivity index (χ3n) is 18.5. The van der Waals surface area contributed by atoms with Crippen molar-refractivity contribution in [1.82, 2.24) is 9.80 Å². The van der Waals surface area contributed by atoms with Gasteiger partial charge in [-0.1, -0.05) is 0 Å². The van der Waals surface area contributed by atoms with Gasteiger partial charge in [0, 0.05) is 50.3 Å². The van der Waals surface area contributed by atoms with Gasteiger partial charge in [0.05, 0.1) is 57.7 Å². The number of piperidine rings is 2. The second-order valence-electron chi connectivity index (χ2n) is 22.0. The zero-order valence-electron chi connectivity index (χ0n) is 35.8. The third kappa shape index (κ3) is 6.23. The number of halogens is 2. The van der Waals surface area contributed by atoms with Gasteiger partial charge in [-0.3, -0.25) is 9.59 Å². The molecule has 12 fully saturated rings. The summed E-state index contributed by atoms with van der Waals surface area (Å²) in [5.41, 5.74) is 0.669. The fraction of sp³-hybridized carbons (Fsp3) is 0.680. The van der Waals surface area contributed by atoms with Gasteiger partial charge in [-0.05, 0) is 175 Å². The second kappa shape index (κ2) is 14.6. The third-order valence-corrected chi connectivity index (χ3v) is 18.5. The van der Waals surface area contributed by atoms with Gasteiger partial charge < -0.3 is 29.8 Å². The number of nitriles is 2. The summed E-state index contributed by atoms with van der Waals surface area (Å²) in [5, 5.41) is 39.4. The lowest BCUT2D eigenvalue weighted by Crippen LogP contribution is -2.65. The first-order valence-electron chi connectivity index (χ1n) is 23.8. The van der Waals surface area contributed by atoms with Crippen LogP contribution < -0.4 is 9.80 Å². The Labute approximate surface area is 363 Å². The number of hydrogen-bond donors (Lipinski definition) is 2. The molecule has 2 aromatic rings. The van der Waals surface area contributed by atoms with Crippen LogP contribution >= 0.6 is 0 Å². The number of carbonyl (C=O) groups is 2. The fourth-order valence-corrected chi connectivity index (χ4v) is 16.2. The Bertz CT molecular complexity index is 2070. The maximum Gasteiger partial charge on any atom is 0.231 e. The Morgan fingerprint density at radius 1 is 0.565 bits per heavy atom. The molecule has 10 nitrogen and oxygen atoms in total. The predicted octanol–water partition coefficient (Wildman–Crippen LogP) is 6.91. The molecule has 8 saturated carbocycles. The van der Waals surface area contributed by atoms with Crippen molar-refractivity contribution in [2.45, 2.75) is 126 Å². The largest absolute Gasteiger partial charge is 0.393 e. The van der Waals surface area contributed by atoms with Crippen molar-refractivity contribution in [2.24, 2.45) is 46.3 Å². The molecule has 2 amide bonds. The standard InChI is InChI=1S/2C25H30FN3O2/c2*26-20-10-16(14-27)2-3-21(20)28-6-1-4-24(15-28)5-7-29(23(24)31)25-11-17-8-18(12-25)22(30)19(9-17)13-25/h2*2-3,10,17-19,22,30H,1,4-9,11-13,15H2. The van der Waals surface area contributed by atoms with Crippen molar-refractivity contribution in [1.29, 1.82) is 10.5 Å². The van der Waals surface area contributed by atoms with Gasteiger partial charge in [0.25, 0.3) is 0 Å². The zero-order chi connectivity index (χ0) is 42.8. The molecule has 4 saturated heterocycles.